The Morgan fingerprint density at radius 1 is 1.38 bits per heavy atom. The Labute approximate surface area is 124 Å². The lowest BCUT2D eigenvalue weighted by atomic mass is 9.98. The fourth-order valence-electron chi connectivity index (χ4n) is 2.59. The topological polar surface area (TPSA) is 65.7 Å². The Morgan fingerprint density at radius 2 is 2.10 bits per heavy atom. The van der Waals surface area contributed by atoms with Crippen molar-refractivity contribution in [3.05, 3.63) is 35.4 Å². The molecule has 0 amide bonds. The van der Waals surface area contributed by atoms with Crippen molar-refractivity contribution in [3.8, 4) is 0 Å². The van der Waals surface area contributed by atoms with Crippen LogP contribution in [0.5, 0.6) is 0 Å². The molecule has 3 N–H and O–H groups in total. The number of ether oxygens (including phenoxy) is 2. The van der Waals surface area contributed by atoms with Crippen molar-refractivity contribution < 1.29 is 18.7 Å². The van der Waals surface area contributed by atoms with E-state index in [2.05, 4.69) is 5.48 Å². The van der Waals surface area contributed by atoms with Gasteiger partial charge >= 0.3 is 0 Å². The van der Waals surface area contributed by atoms with E-state index in [1.54, 1.807) is 7.11 Å². The van der Waals surface area contributed by atoms with Crippen molar-refractivity contribution in [1.82, 2.24) is 5.48 Å². The second-order valence-electron chi connectivity index (χ2n) is 5.24. The number of nitrogens with two attached hydrogens (primary N) is 1. The molecule has 4 atom stereocenters. The first-order valence-electron chi connectivity index (χ1n) is 7.04. The smallest absolute Gasteiger partial charge is 0.107 e. The van der Waals surface area contributed by atoms with Gasteiger partial charge in [0.1, 0.15) is 12.8 Å². The second kappa shape index (κ2) is 7.82. The Balaban J connectivity index is 2.02. The van der Waals surface area contributed by atoms with Crippen molar-refractivity contribution in [3.63, 3.8) is 0 Å². The van der Waals surface area contributed by atoms with E-state index in [-0.39, 0.29) is 12.1 Å². The van der Waals surface area contributed by atoms with Gasteiger partial charge in [0.05, 0.1) is 24.8 Å². The third kappa shape index (κ3) is 3.99. The van der Waals surface area contributed by atoms with E-state index in [1.165, 1.54) is 7.11 Å². The average Bonchev–Trinajstić information content (AvgIpc) is 2.97. The summed E-state index contributed by atoms with van der Waals surface area (Å²) in [5, 5.41) is 0. The number of benzene rings is 1. The van der Waals surface area contributed by atoms with Crippen LogP contribution < -0.4 is 11.2 Å². The van der Waals surface area contributed by atoms with Crippen molar-refractivity contribution in [2.45, 2.75) is 30.7 Å². The SMILES string of the molecule is COCC1CC(c2ccc(C(OC)C(N)CF)cc2)NO1. The van der Waals surface area contributed by atoms with E-state index < -0.39 is 18.8 Å². The minimum absolute atomic E-state index is 0.0614. The molecule has 1 heterocycles. The molecule has 1 fully saturated rings. The van der Waals surface area contributed by atoms with Crippen LogP contribution in [0.2, 0.25) is 0 Å². The van der Waals surface area contributed by atoms with Crippen molar-refractivity contribution in [1.29, 1.82) is 0 Å². The van der Waals surface area contributed by atoms with Crippen molar-refractivity contribution in [2.75, 3.05) is 27.5 Å². The van der Waals surface area contributed by atoms with Gasteiger partial charge in [0.25, 0.3) is 0 Å². The molecule has 21 heavy (non-hydrogen) atoms. The van der Waals surface area contributed by atoms with Gasteiger partial charge in [-0.25, -0.2) is 4.39 Å². The van der Waals surface area contributed by atoms with Crippen LogP contribution in [0.25, 0.3) is 0 Å². The first-order chi connectivity index (χ1) is 10.2. The van der Waals surface area contributed by atoms with E-state index in [9.17, 15) is 4.39 Å². The Bertz CT molecular complexity index is 429. The maximum atomic E-state index is 12.7. The summed E-state index contributed by atoms with van der Waals surface area (Å²) in [5.41, 5.74) is 10.7. The molecule has 1 aromatic rings. The number of halogens is 1. The van der Waals surface area contributed by atoms with Crippen LogP contribution in [-0.2, 0) is 14.3 Å². The molecule has 0 spiro atoms. The highest BCUT2D eigenvalue weighted by atomic mass is 19.1. The molecule has 0 saturated carbocycles. The van der Waals surface area contributed by atoms with E-state index >= 15 is 0 Å². The minimum atomic E-state index is -0.653. The average molecular weight is 298 g/mol. The van der Waals surface area contributed by atoms with Gasteiger partial charge in [0.15, 0.2) is 0 Å². The second-order valence-corrected chi connectivity index (χ2v) is 5.24. The summed E-state index contributed by atoms with van der Waals surface area (Å²) in [6.45, 7) is -0.0460. The summed E-state index contributed by atoms with van der Waals surface area (Å²) < 4.78 is 23.1. The molecule has 1 aliphatic rings. The molecule has 0 bridgehead atoms. The lowest BCUT2D eigenvalue weighted by Gasteiger charge is -2.21. The van der Waals surface area contributed by atoms with Gasteiger partial charge in [-0.2, -0.15) is 5.48 Å². The Morgan fingerprint density at radius 3 is 2.67 bits per heavy atom. The quantitative estimate of drug-likeness (QED) is 0.801. The predicted molar refractivity (Wildman–Crippen MR) is 77.4 cm³/mol. The summed E-state index contributed by atoms with van der Waals surface area (Å²) in [5.74, 6) is 0. The van der Waals surface area contributed by atoms with Gasteiger partial charge < -0.3 is 15.2 Å². The number of hydroxylamine groups is 1. The lowest BCUT2D eigenvalue weighted by molar-refractivity contribution is -0.0148. The van der Waals surface area contributed by atoms with Crippen molar-refractivity contribution >= 4 is 0 Å². The van der Waals surface area contributed by atoms with Gasteiger partial charge in [-0.15, -0.1) is 0 Å². The number of hydrogen-bond donors (Lipinski definition) is 2. The van der Waals surface area contributed by atoms with Crippen LogP contribution in [0, 0.1) is 0 Å². The molecular weight excluding hydrogens is 275 g/mol. The molecular formula is C15H23FN2O3. The number of hydrogen-bond acceptors (Lipinski definition) is 5. The van der Waals surface area contributed by atoms with E-state index in [1.807, 2.05) is 24.3 Å². The van der Waals surface area contributed by atoms with Crippen LogP contribution in [0.15, 0.2) is 24.3 Å². The summed E-state index contributed by atoms with van der Waals surface area (Å²) in [7, 11) is 3.19. The van der Waals surface area contributed by atoms with Gasteiger partial charge in [0.2, 0.25) is 0 Å². The van der Waals surface area contributed by atoms with Crippen LogP contribution in [0.3, 0.4) is 0 Å². The summed E-state index contributed by atoms with van der Waals surface area (Å²) in [4.78, 5) is 5.45. The normalized spacial score (nSPS) is 25.0. The zero-order valence-electron chi connectivity index (χ0n) is 12.4. The minimum Gasteiger partial charge on any atom is -0.382 e. The fraction of sp³-hybridized carbons (Fsp3) is 0.600. The Hall–Kier alpha value is -1.05. The first-order valence-corrected chi connectivity index (χ1v) is 7.04. The summed E-state index contributed by atoms with van der Waals surface area (Å²) in [6.07, 6.45) is 0.481. The highest BCUT2D eigenvalue weighted by Gasteiger charge is 2.27. The summed E-state index contributed by atoms with van der Waals surface area (Å²) in [6, 6.07) is 7.30. The third-order valence-corrected chi connectivity index (χ3v) is 3.72. The molecule has 2 rings (SSSR count). The van der Waals surface area contributed by atoms with Crippen LogP contribution >= 0.6 is 0 Å². The number of alkyl halides is 1. The van der Waals surface area contributed by atoms with Gasteiger partial charge in [-0.1, -0.05) is 24.3 Å². The highest BCUT2D eigenvalue weighted by Crippen LogP contribution is 2.27. The molecule has 1 aromatic carbocycles. The molecule has 1 saturated heterocycles. The number of nitrogens with one attached hydrogen (secondary N) is 1. The third-order valence-electron chi connectivity index (χ3n) is 3.72. The molecule has 118 valence electrons. The number of rotatable bonds is 7. The highest BCUT2D eigenvalue weighted by molar-refractivity contribution is 5.27. The van der Waals surface area contributed by atoms with E-state index in [0.29, 0.717) is 6.61 Å². The van der Waals surface area contributed by atoms with E-state index in [0.717, 1.165) is 17.5 Å². The largest absolute Gasteiger partial charge is 0.382 e. The van der Waals surface area contributed by atoms with Crippen LogP contribution in [0.1, 0.15) is 29.7 Å². The molecule has 1 aliphatic heterocycles. The van der Waals surface area contributed by atoms with Crippen LogP contribution in [0.4, 0.5) is 4.39 Å². The van der Waals surface area contributed by atoms with Gasteiger partial charge in [0, 0.05) is 14.2 Å². The lowest BCUT2D eigenvalue weighted by Crippen LogP contribution is -2.31. The molecule has 4 unspecified atom stereocenters. The summed E-state index contributed by atoms with van der Waals surface area (Å²) >= 11 is 0. The molecule has 0 aliphatic carbocycles. The van der Waals surface area contributed by atoms with Gasteiger partial charge in [-0.05, 0) is 17.5 Å². The maximum absolute atomic E-state index is 12.7. The molecule has 6 heteroatoms. The van der Waals surface area contributed by atoms with Gasteiger partial charge in [-0.3, -0.25) is 4.84 Å². The maximum Gasteiger partial charge on any atom is 0.107 e. The van der Waals surface area contributed by atoms with E-state index in [4.69, 9.17) is 20.0 Å². The zero-order valence-corrected chi connectivity index (χ0v) is 12.4. The predicted octanol–water partition coefficient (Wildman–Crippen LogP) is 1.65. The number of methoxy groups -OCH3 is 2. The van der Waals surface area contributed by atoms with Crippen LogP contribution in [-0.4, -0.2) is 39.6 Å². The molecule has 0 radical (unpaired) electrons. The first kappa shape index (κ1) is 16.3. The molecule has 5 nitrogen and oxygen atoms in total. The molecule has 0 aromatic heterocycles. The monoisotopic (exact) mass is 298 g/mol. The standard InChI is InChI=1S/C15H23FN2O3/c1-19-9-12-7-14(18-21-12)10-3-5-11(6-4-10)15(20-2)13(17)8-16/h3-6,12-15,18H,7-9,17H2,1-2H3. The fourth-order valence-corrected chi connectivity index (χ4v) is 2.59. The zero-order chi connectivity index (χ0) is 15.2. The Kier molecular flexibility index (Phi) is 6.08. The van der Waals surface area contributed by atoms with Crippen molar-refractivity contribution in [2.24, 2.45) is 5.73 Å².